The molecule has 0 saturated carbocycles. The predicted octanol–water partition coefficient (Wildman–Crippen LogP) is 3.48. The van der Waals surface area contributed by atoms with Crippen LogP contribution in [-0.2, 0) is 4.74 Å². The lowest BCUT2D eigenvalue weighted by molar-refractivity contribution is 0.0588. The van der Waals surface area contributed by atoms with Gasteiger partial charge in [0.15, 0.2) is 0 Å². The molecule has 3 rings (SSSR count). The molecule has 0 atom stereocenters. The van der Waals surface area contributed by atoms with Crippen LogP contribution < -0.4 is 16.2 Å². The second-order valence-corrected chi connectivity index (χ2v) is 7.37. The zero-order valence-electron chi connectivity index (χ0n) is 16.1. The van der Waals surface area contributed by atoms with Crippen LogP contribution in [0.2, 0.25) is 0 Å². The highest BCUT2D eigenvalue weighted by Crippen LogP contribution is 2.25. The molecule has 1 aromatic carbocycles. The number of nitrogen functional groups attached to an aromatic ring is 1. The number of benzene rings is 1. The number of hydrogen-bond donors (Lipinski definition) is 1. The number of ether oxygens (including phenoxy) is 1. The van der Waals surface area contributed by atoms with Crippen LogP contribution in [0.5, 0.6) is 0 Å². The molecule has 146 valence electrons. The summed E-state index contributed by atoms with van der Waals surface area (Å²) in [5.74, 6) is -0.336. The standard InChI is InChI=1S/C20H21FN4O3/c1-20(2,3)28-19(27)24(4)16-9-12-7-8-25(17-6-5-13(22)11-23-17)18(26)14(12)10-15(16)21/h5-11H,22H2,1-4H3. The van der Waals surface area contributed by atoms with Gasteiger partial charge in [-0.15, -0.1) is 0 Å². The van der Waals surface area contributed by atoms with Crippen LogP contribution in [0.25, 0.3) is 16.6 Å². The van der Waals surface area contributed by atoms with Crippen molar-refractivity contribution in [2.45, 2.75) is 26.4 Å². The second-order valence-electron chi connectivity index (χ2n) is 7.37. The highest BCUT2D eigenvalue weighted by atomic mass is 19.1. The summed E-state index contributed by atoms with van der Waals surface area (Å²) in [5, 5.41) is 0.656. The SMILES string of the molecule is CN(C(=O)OC(C)(C)C)c1cc2ccn(-c3ccc(N)cn3)c(=O)c2cc1F. The highest BCUT2D eigenvalue weighted by Gasteiger charge is 2.23. The van der Waals surface area contributed by atoms with E-state index >= 15 is 0 Å². The largest absolute Gasteiger partial charge is 0.443 e. The first-order chi connectivity index (χ1) is 13.1. The van der Waals surface area contributed by atoms with Crippen LogP contribution in [0.1, 0.15) is 20.8 Å². The normalized spacial score (nSPS) is 11.5. The van der Waals surface area contributed by atoms with E-state index in [0.29, 0.717) is 16.9 Å². The molecule has 8 heteroatoms. The number of anilines is 2. The molecule has 0 aliphatic carbocycles. The molecule has 2 N–H and O–H groups in total. The Balaban J connectivity index is 2.05. The number of pyridine rings is 2. The van der Waals surface area contributed by atoms with Gasteiger partial charge in [0.2, 0.25) is 0 Å². The van der Waals surface area contributed by atoms with Crippen molar-refractivity contribution in [2.75, 3.05) is 17.7 Å². The number of nitrogens with zero attached hydrogens (tertiary/aromatic N) is 3. The number of rotatable bonds is 2. The van der Waals surface area contributed by atoms with Crippen LogP contribution >= 0.6 is 0 Å². The van der Waals surface area contributed by atoms with Crippen LogP contribution in [0.4, 0.5) is 20.6 Å². The average molecular weight is 384 g/mol. The lowest BCUT2D eigenvalue weighted by atomic mass is 10.1. The number of hydrogen-bond acceptors (Lipinski definition) is 5. The number of aromatic nitrogens is 2. The Kier molecular flexibility index (Phi) is 4.80. The summed E-state index contributed by atoms with van der Waals surface area (Å²) in [5.41, 5.74) is 4.97. The van der Waals surface area contributed by atoms with Crippen molar-refractivity contribution in [2.24, 2.45) is 0 Å². The Morgan fingerprint density at radius 1 is 1.25 bits per heavy atom. The van der Waals surface area contributed by atoms with Gasteiger partial charge in [0, 0.05) is 13.2 Å². The molecular formula is C20H21FN4O3. The van der Waals surface area contributed by atoms with Crippen LogP contribution in [-0.4, -0.2) is 28.3 Å². The summed E-state index contributed by atoms with van der Waals surface area (Å²) >= 11 is 0. The number of carbonyl (C=O) groups excluding carboxylic acids is 1. The van der Waals surface area contributed by atoms with Crippen molar-refractivity contribution in [3.63, 3.8) is 0 Å². The molecule has 2 heterocycles. The second kappa shape index (κ2) is 6.95. The number of fused-ring (bicyclic) bond motifs is 1. The molecule has 0 bridgehead atoms. The Morgan fingerprint density at radius 2 is 1.96 bits per heavy atom. The van der Waals surface area contributed by atoms with Gasteiger partial charge in [-0.05, 0) is 56.5 Å². The van der Waals surface area contributed by atoms with E-state index in [4.69, 9.17) is 10.5 Å². The molecule has 28 heavy (non-hydrogen) atoms. The maximum Gasteiger partial charge on any atom is 0.414 e. The fraction of sp³-hybridized carbons (Fsp3) is 0.250. The zero-order valence-corrected chi connectivity index (χ0v) is 16.1. The number of nitrogens with two attached hydrogens (primary N) is 1. The van der Waals surface area contributed by atoms with E-state index in [1.807, 2.05) is 0 Å². The molecule has 7 nitrogen and oxygen atoms in total. The van der Waals surface area contributed by atoms with Gasteiger partial charge in [0.25, 0.3) is 5.56 Å². The molecule has 1 amide bonds. The lowest BCUT2D eigenvalue weighted by Gasteiger charge is -2.25. The number of amides is 1. The summed E-state index contributed by atoms with van der Waals surface area (Å²) in [4.78, 5) is 30.2. The first-order valence-corrected chi connectivity index (χ1v) is 8.60. The van der Waals surface area contributed by atoms with Crippen molar-refractivity contribution < 1.29 is 13.9 Å². The van der Waals surface area contributed by atoms with Crippen molar-refractivity contribution in [3.05, 3.63) is 58.9 Å². The van der Waals surface area contributed by atoms with Crippen LogP contribution in [0, 0.1) is 5.82 Å². The van der Waals surface area contributed by atoms with E-state index in [2.05, 4.69) is 4.98 Å². The number of carbonyl (C=O) groups is 1. The fourth-order valence-corrected chi connectivity index (χ4v) is 2.66. The third-order valence-corrected chi connectivity index (χ3v) is 4.02. The molecule has 0 radical (unpaired) electrons. The zero-order chi connectivity index (χ0) is 20.6. The minimum atomic E-state index is -0.710. The maximum absolute atomic E-state index is 14.7. The quantitative estimate of drug-likeness (QED) is 0.730. The first-order valence-electron chi connectivity index (χ1n) is 8.60. The number of halogens is 1. The van der Waals surface area contributed by atoms with E-state index in [-0.39, 0.29) is 11.1 Å². The maximum atomic E-state index is 14.7. The van der Waals surface area contributed by atoms with Gasteiger partial charge in [-0.1, -0.05) is 0 Å². The van der Waals surface area contributed by atoms with Crippen LogP contribution in [0.3, 0.4) is 0 Å². The Hall–Kier alpha value is -3.42. The van der Waals surface area contributed by atoms with E-state index in [1.54, 1.807) is 45.2 Å². The van der Waals surface area contributed by atoms with E-state index in [0.717, 1.165) is 11.0 Å². The van der Waals surface area contributed by atoms with Crippen molar-refractivity contribution in [1.29, 1.82) is 0 Å². The smallest absolute Gasteiger partial charge is 0.414 e. The Labute approximate surface area is 161 Å². The lowest BCUT2D eigenvalue weighted by Crippen LogP contribution is -2.34. The van der Waals surface area contributed by atoms with E-state index < -0.39 is 23.1 Å². The summed E-state index contributed by atoms with van der Waals surface area (Å²) in [6, 6.07) is 7.43. The Bertz CT molecular complexity index is 1100. The van der Waals surface area contributed by atoms with Gasteiger partial charge in [-0.25, -0.2) is 14.2 Å². The van der Waals surface area contributed by atoms with E-state index in [9.17, 15) is 14.0 Å². The summed E-state index contributed by atoms with van der Waals surface area (Å²) in [7, 11) is 1.41. The van der Waals surface area contributed by atoms with Crippen LogP contribution in [0.15, 0.2) is 47.5 Å². The van der Waals surface area contributed by atoms with Crippen molar-refractivity contribution >= 4 is 28.2 Å². The van der Waals surface area contributed by atoms with Gasteiger partial charge < -0.3 is 10.5 Å². The molecule has 0 aliphatic heterocycles. The molecule has 0 fully saturated rings. The van der Waals surface area contributed by atoms with E-state index in [1.165, 1.54) is 23.9 Å². The molecular weight excluding hydrogens is 363 g/mol. The molecule has 0 unspecified atom stereocenters. The minimum absolute atomic E-state index is 0.0181. The molecule has 0 aliphatic rings. The molecule has 2 aromatic heterocycles. The van der Waals surface area contributed by atoms with Gasteiger partial charge in [0.1, 0.15) is 17.2 Å². The topological polar surface area (TPSA) is 90.4 Å². The predicted molar refractivity (Wildman–Crippen MR) is 106 cm³/mol. The average Bonchev–Trinajstić information content (AvgIpc) is 2.61. The third-order valence-electron chi connectivity index (χ3n) is 4.02. The summed E-state index contributed by atoms with van der Waals surface area (Å²) < 4.78 is 21.3. The minimum Gasteiger partial charge on any atom is -0.443 e. The summed E-state index contributed by atoms with van der Waals surface area (Å²) in [6.45, 7) is 5.18. The Morgan fingerprint density at radius 3 is 2.57 bits per heavy atom. The summed E-state index contributed by atoms with van der Waals surface area (Å²) in [6.07, 6.45) is 2.29. The monoisotopic (exact) mass is 384 g/mol. The fourth-order valence-electron chi connectivity index (χ4n) is 2.66. The third kappa shape index (κ3) is 3.80. The highest BCUT2D eigenvalue weighted by molar-refractivity contribution is 5.92. The molecule has 0 spiro atoms. The van der Waals surface area contributed by atoms with Gasteiger partial charge in [0.05, 0.1) is 23.0 Å². The molecule has 3 aromatic rings. The first kappa shape index (κ1) is 19.3. The van der Waals surface area contributed by atoms with Gasteiger partial charge >= 0.3 is 6.09 Å². The van der Waals surface area contributed by atoms with Crippen molar-refractivity contribution in [3.8, 4) is 5.82 Å². The van der Waals surface area contributed by atoms with Gasteiger partial charge in [-0.3, -0.25) is 14.3 Å². The van der Waals surface area contributed by atoms with Gasteiger partial charge in [-0.2, -0.15) is 0 Å². The molecule has 0 saturated heterocycles. The van der Waals surface area contributed by atoms with Crippen molar-refractivity contribution in [1.82, 2.24) is 9.55 Å².